The summed E-state index contributed by atoms with van der Waals surface area (Å²) in [5.74, 6) is 0.866. The van der Waals surface area contributed by atoms with Crippen molar-refractivity contribution in [3.05, 3.63) is 5.89 Å². The average Bonchev–Trinajstić information content (AvgIpc) is 2.89. The van der Waals surface area contributed by atoms with E-state index < -0.39 is 0 Å². The second-order valence-corrected chi connectivity index (χ2v) is 4.75. The van der Waals surface area contributed by atoms with Crippen LogP contribution in [0.2, 0.25) is 0 Å². The van der Waals surface area contributed by atoms with Crippen molar-refractivity contribution in [2.75, 3.05) is 37.7 Å². The summed E-state index contributed by atoms with van der Waals surface area (Å²) < 4.78 is 10.6. The van der Waals surface area contributed by atoms with E-state index in [0.29, 0.717) is 44.7 Å². The molecule has 0 aromatic carbocycles. The fourth-order valence-corrected chi connectivity index (χ4v) is 1.88. The van der Waals surface area contributed by atoms with Crippen LogP contribution >= 0.6 is 0 Å². The fourth-order valence-electron chi connectivity index (χ4n) is 1.88. The van der Waals surface area contributed by atoms with Crippen LogP contribution in [0.3, 0.4) is 0 Å². The Morgan fingerprint density at radius 1 is 1.32 bits per heavy atom. The van der Waals surface area contributed by atoms with Gasteiger partial charge in [0.15, 0.2) is 0 Å². The molecule has 1 amide bonds. The van der Waals surface area contributed by atoms with E-state index in [9.17, 15) is 4.79 Å². The molecule has 0 aliphatic carbocycles. The number of carbonyl (C=O) groups excluding carboxylic acids is 1. The molecule has 0 spiro atoms. The van der Waals surface area contributed by atoms with Crippen molar-refractivity contribution in [1.82, 2.24) is 15.1 Å². The third-order valence-electron chi connectivity index (χ3n) is 3.00. The molecule has 1 aliphatic rings. The van der Waals surface area contributed by atoms with Crippen molar-refractivity contribution >= 4 is 12.1 Å². The van der Waals surface area contributed by atoms with Crippen LogP contribution < -0.4 is 4.90 Å². The zero-order valence-electron chi connectivity index (χ0n) is 11.6. The maximum Gasteiger partial charge on any atom is 0.409 e. The standard InChI is InChI=1S/C12H20N4O3/c1-4-18-12(17)16-7-5-15(6-8-16)11-14-13-10(19-11)9(2)3/h9H,4-8H2,1-3H3. The zero-order valence-corrected chi connectivity index (χ0v) is 11.6. The molecule has 106 valence electrons. The minimum absolute atomic E-state index is 0.224. The number of hydrogen-bond donors (Lipinski definition) is 0. The average molecular weight is 268 g/mol. The van der Waals surface area contributed by atoms with Crippen molar-refractivity contribution in [1.29, 1.82) is 0 Å². The molecule has 1 aliphatic heterocycles. The van der Waals surface area contributed by atoms with Crippen LogP contribution in [-0.2, 0) is 4.74 Å². The monoisotopic (exact) mass is 268 g/mol. The zero-order chi connectivity index (χ0) is 13.8. The smallest absolute Gasteiger partial charge is 0.409 e. The lowest BCUT2D eigenvalue weighted by atomic mass is 10.2. The number of hydrogen-bond acceptors (Lipinski definition) is 6. The molecule has 0 N–H and O–H groups in total. The van der Waals surface area contributed by atoms with Crippen molar-refractivity contribution in [2.24, 2.45) is 0 Å². The van der Waals surface area contributed by atoms with E-state index >= 15 is 0 Å². The number of amides is 1. The van der Waals surface area contributed by atoms with E-state index in [4.69, 9.17) is 9.15 Å². The number of rotatable bonds is 3. The largest absolute Gasteiger partial charge is 0.450 e. The van der Waals surface area contributed by atoms with Gasteiger partial charge in [-0.25, -0.2) is 4.79 Å². The van der Waals surface area contributed by atoms with Gasteiger partial charge in [0.05, 0.1) is 6.61 Å². The number of anilines is 1. The molecule has 2 rings (SSSR count). The van der Waals surface area contributed by atoms with Crippen molar-refractivity contribution in [3.63, 3.8) is 0 Å². The van der Waals surface area contributed by atoms with Gasteiger partial charge >= 0.3 is 12.1 Å². The summed E-state index contributed by atoms with van der Waals surface area (Å²) >= 11 is 0. The normalized spacial score (nSPS) is 16.0. The first-order chi connectivity index (χ1) is 9.11. The molecular weight excluding hydrogens is 248 g/mol. The van der Waals surface area contributed by atoms with Crippen LogP contribution in [-0.4, -0.2) is 54.0 Å². The van der Waals surface area contributed by atoms with E-state index in [1.807, 2.05) is 18.7 Å². The Balaban J connectivity index is 1.90. The first-order valence-corrected chi connectivity index (χ1v) is 6.61. The molecule has 0 bridgehead atoms. The Morgan fingerprint density at radius 3 is 2.53 bits per heavy atom. The molecule has 7 heteroatoms. The van der Waals surface area contributed by atoms with Crippen LogP contribution in [0.25, 0.3) is 0 Å². The van der Waals surface area contributed by atoms with Gasteiger partial charge in [-0.1, -0.05) is 18.9 Å². The predicted octanol–water partition coefficient (Wildman–Crippen LogP) is 1.47. The van der Waals surface area contributed by atoms with Gasteiger partial charge in [0.1, 0.15) is 0 Å². The minimum Gasteiger partial charge on any atom is -0.450 e. The molecule has 0 radical (unpaired) electrons. The second-order valence-electron chi connectivity index (χ2n) is 4.75. The van der Waals surface area contributed by atoms with Crippen LogP contribution in [0.15, 0.2) is 4.42 Å². The van der Waals surface area contributed by atoms with Gasteiger partial charge in [-0.05, 0) is 6.92 Å². The Hall–Kier alpha value is -1.79. The highest BCUT2D eigenvalue weighted by Gasteiger charge is 2.25. The molecule has 1 aromatic heterocycles. The summed E-state index contributed by atoms with van der Waals surface area (Å²) in [5.41, 5.74) is 0. The van der Waals surface area contributed by atoms with Gasteiger partial charge in [-0.3, -0.25) is 0 Å². The van der Waals surface area contributed by atoms with Gasteiger partial charge in [-0.15, -0.1) is 5.10 Å². The second kappa shape index (κ2) is 5.90. The lowest BCUT2D eigenvalue weighted by Gasteiger charge is -2.32. The van der Waals surface area contributed by atoms with Crippen molar-refractivity contribution < 1.29 is 13.9 Å². The minimum atomic E-state index is -0.254. The summed E-state index contributed by atoms with van der Waals surface area (Å²) in [6.45, 7) is 8.81. The fraction of sp³-hybridized carbons (Fsp3) is 0.750. The number of nitrogens with zero attached hydrogens (tertiary/aromatic N) is 4. The molecule has 1 fully saturated rings. The lowest BCUT2D eigenvalue weighted by molar-refractivity contribution is 0.104. The van der Waals surface area contributed by atoms with E-state index in [1.165, 1.54) is 0 Å². The van der Waals surface area contributed by atoms with Gasteiger partial charge < -0.3 is 19.0 Å². The Labute approximate surface area is 112 Å². The summed E-state index contributed by atoms with van der Waals surface area (Å²) in [6.07, 6.45) is -0.254. The SMILES string of the molecule is CCOC(=O)N1CCN(c2nnc(C(C)C)o2)CC1. The molecule has 0 unspecified atom stereocenters. The summed E-state index contributed by atoms with van der Waals surface area (Å²) in [7, 11) is 0. The van der Waals surface area contributed by atoms with Crippen LogP contribution in [0.4, 0.5) is 10.8 Å². The first kappa shape index (κ1) is 13.6. The third kappa shape index (κ3) is 3.15. The molecule has 0 saturated carbocycles. The predicted molar refractivity (Wildman–Crippen MR) is 69.2 cm³/mol. The lowest BCUT2D eigenvalue weighted by Crippen LogP contribution is -2.49. The topological polar surface area (TPSA) is 71.7 Å². The molecule has 0 atom stereocenters. The van der Waals surface area contributed by atoms with Gasteiger partial charge in [0.25, 0.3) is 0 Å². The van der Waals surface area contributed by atoms with Crippen LogP contribution in [0, 0.1) is 0 Å². The number of piperazine rings is 1. The van der Waals surface area contributed by atoms with E-state index in [1.54, 1.807) is 11.8 Å². The number of carbonyl (C=O) groups is 1. The van der Waals surface area contributed by atoms with Crippen molar-refractivity contribution in [2.45, 2.75) is 26.7 Å². The molecule has 1 aromatic rings. The highest BCUT2D eigenvalue weighted by molar-refractivity contribution is 5.68. The van der Waals surface area contributed by atoms with Gasteiger partial charge in [0, 0.05) is 32.1 Å². The van der Waals surface area contributed by atoms with Crippen molar-refractivity contribution in [3.8, 4) is 0 Å². The third-order valence-corrected chi connectivity index (χ3v) is 3.00. The molecule has 1 saturated heterocycles. The molecule has 19 heavy (non-hydrogen) atoms. The Kier molecular flexibility index (Phi) is 4.24. The van der Waals surface area contributed by atoms with E-state index in [-0.39, 0.29) is 12.0 Å². The number of aromatic nitrogens is 2. The van der Waals surface area contributed by atoms with E-state index in [0.717, 1.165) is 0 Å². The highest BCUT2D eigenvalue weighted by Crippen LogP contribution is 2.19. The summed E-state index contributed by atoms with van der Waals surface area (Å²) in [5, 5.41) is 8.05. The molecular formula is C12H20N4O3. The maximum atomic E-state index is 11.6. The Morgan fingerprint density at radius 2 is 2.00 bits per heavy atom. The van der Waals surface area contributed by atoms with Gasteiger partial charge in [0.2, 0.25) is 5.89 Å². The first-order valence-electron chi connectivity index (χ1n) is 6.61. The number of ether oxygens (including phenoxy) is 1. The maximum absolute atomic E-state index is 11.6. The van der Waals surface area contributed by atoms with Crippen LogP contribution in [0.5, 0.6) is 0 Å². The van der Waals surface area contributed by atoms with Crippen LogP contribution in [0.1, 0.15) is 32.6 Å². The van der Waals surface area contributed by atoms with Gasteiger partial charge in [-0.2, -0.15) is 0 Å². The Bertz CT molecular complexity index is 424. The highest BCUT2D eigenvalue weighted by atomic mass is 16.6. The molecule has 7 nitrogen and oxygen atoms in total. The summed E-state index contributed by atoms with van der Waals surface area (Å²) in [4.78, 5) is 15.3. The van der Waals surface area contributed by atoms with E-state index in [2.05, 4.69) is 10.2 Å². The quantitative estimate of drug-likeness (QED) is 0.826. The summed E-state index contributed by atoms with van der Waals surface area (Å²) in [6, 6.07) is 0.534. The molecule has 2 heterocycles.